The Kier molecular flexibility index (Phi) is 3.83. The number of H-pyrrole nitrogens is 1. The summed E-state index contributed by atoms with van der Waals surface area (Å²) in [6, 6.07) is 0.118. The molecular weight excluding hydrogens is 238 g/mol. The van der Waals surface area contributed by atoms with Crippen molar-refractivity contribution in [1.82, 2.24) is 15.3 Å². The molecular formula is C11H19N3O2S. The molecule has 1 aromatic heterocycles. The smallest absolute Gasteiger partial charge is 0.151 e. The van der Waals surface area contributed by atoms with Crippen LogP contribution in [0.4, 0.5) is 0 Å². The Morgan fingerprint density at radius 3 is 3.00 bits per heavy atom. The van der Waals surface area contributed by atoms with Crippen LogP contribution in [0.15, 0.2) is 12.5 Å². The molecule has 2 unspecified atom stereocenters. The van der Waals surface area contributed by atoms with Gasteiger partial charge in [0, 0.05) is 37.2 Å². The van der Waals surface area contributed by atoms with E-state index in [-0.39, 0.29) is 11.3 Å². The van der Waals surface area contributed by atoms with Crippen molar-refractivity contribution in [1.29, 1.82) is 0 Å². The Labute approximate surface area is 102 Å². The van der Waals surface area contributed by atoms with E-state index in [9.17, 15) is 8.42 Å². The zero-order valence-corrected chi connectivity index (χ0v) is 10.8. The first-order valence-corrected chi connectivity index (χ1v) is 7.92. The molecule has 0 radical (unpaired) electrons. The zero-order chi connectivity index (χ0) is 12.3. The van der Waals surface area contributed by atoms with E-state index in [1.165, 1.54) is 6.26 Å². The van der Waals surface area contributed by atoms with Gasteiger partial charge in [-0.3, -0.25) is 0 Å². The molecule has 1 aliphatic rings. The number of sulfone groups is 1. The van der Waals surface area contributed by atoms with Gasteiger partial charge in [0.25, 0.3) is 0 Å². The Bertz CT molecular complexity index is 441. The van der Waals surface area contributed by atoms with Gasteiger partial charge in [0.15, 0.2) is 9.84 Å². The zero-order valence-electron chi connectivity index (χ0n) is 10.0. The quantitative estimate of drug-likeness (QED) is 0.806. The van der Waals surface area contributed by atoms with Gasteiger partial charge in [-0.15, -0.1) is 0 Å². The van der Waals surface area contributed by atoms with Crippen molar-refractivity contribution in [2.75, 3.05) is 12.8 Å². The fraction of sp³-hybridized carbons (Fsp3) is 0.727. The van der Waals surface area contributed by atoms with Crippen LogP contribution in [0, 0.1) is 0 Å². The van der Waals surface area contributed by atoms with Crippen LogP contribution < -0.4 is 5.32 Å². The van der Waals surface area contributed by atoms with Crippen LogP contribution in [0.3, 0.4) is 0 Å². The molecule has 17 heavy (non-hydrogen) atoms. The monoisotopic (exact) mass is 257 g/mol. The summed E-state index contributed by atoms with van der Waals surface area (Å²) < 4.78 is 23.2. The first-order chi connectivity index (χ1) is 8.07. The average Bonchev–Trinajstić information content (AvgIpc) is 2.86. The Balaban J connectivity index is 1.82. The van der Waals surface area contributed by atoms with Crippen LogP contribution in [-0.2, 0) is 16.3 Å². The maximum Gasteiger partial charge on any atom is 0.151 e. The summed E-state index contributed by atoms with van der Waals surface area (Å²) in [6.45, 7) is 0.791. The number of imidazole rings is 1. The van der Waals surface area contributed by atoms with Crippen LogP contribution >= 0.6 is 0 Å². The van der Waals surface area contributed by atoms with E-state index in [0.717, 1.165) is 37.9 Å². The van der Waals surface area contributed by atoms with Crippen molar-refractivity contribution in [3.8, 4) is 0 Å². The molecule has 1 fully saturated rings. The minimum Gasteiger partial charge on any atom is -0.348 e. The third-order valence-electron chi connectivity index (χ3n) is 3.36. The van der Waals surface area contributed by atoms with Crippen LogP contribution in [0.2, 0.25) is 0 Å². The van der Waals surface area contributed by atoms with E-state index in [1.807, 2.05) is 0 Å². The predicted octanol–water partition coefficient (Wildman–Crippen LogP) is 0.507. The highest BCUT2D eigenvalue weighted by Gasteiger charge is 2.34. The molecule has 1 aliphatic carbocycles. The number of rotatable bonds is 5. The van der Waals surface area contributed by atoms with Gasteiger partial charge in [-0.25, -0.2) is 13.4 Å². The van der Waals surface area contributed by atoms with E-state index >= 15 is 0 Å². The summed E-state index contributed by atoms with van der Waals surface area (Å²) in [7, 11) is -2.92. The molecule has 1 heterocycles. The van der Waals surface area contributed by atoms with Crippen molar-refractivity contribution in [2.24, 2.45) is 0 Å². The molecule has 6 heteroatoms. The van der Waals surface area contributed by atoms with E-state index < -0.39 is 9.84 Å². The first-order valence-electron chi connectivity index (χ1n) is 5.97. The second kappa shape index (κ2) is 5.18. The Morgan fingerprint density at radius 2 is 2.35 bits per heavy atom. The number of nitrogens with one attached hydrogen (secondary N) is 2. The van der Waals surface area contributed by atoms with Crippen LogP contribution in [0.5, 0.6) is 0 Å². The average molecular weight is 257 g/mol. The lowest BCUT2D eigenvalue weighted by Gasteiger charge is -2.19. The molecule has 2 rings (SSSR count). The summed E-state index contributed by atoms with van der Waals surface area (Å²) in [5.74, 6) is 0. The van der Waals surface area contributed by atoms with Crippen LogP contribution in [0.25, 0.3) is 0 Å². The number of aromatic amines is 1. The highest BCUT2D eigenvalue weighted by atomic mass is 32.2. The summed E-state index contributed by atoms with van der Waals surface area (Å²) in [6.07, 6.45) is 8.40. The van der Waals surface area contributed by atoms with Gasteiger partial charge in [0.05, 0.1) is 11.6 Å². The van der Waals surface area contributed by atoms with Gasteiger partial charge in [-0.1, -0.05) is 6.42 Å². The molecule has 0 aromatic carbocycles. The molecule has 0 aliphatic heterocycles. The van der Waals surface area contributed by atoms with Gasteiger partial charge in [0.1, 0.15) is 0 Å². The summed E-state index contributed by atoms with van der Waals surface area (Å²) >= 11 is 0. The van der Waals surface area contributed by atoms with Crippen molar-refractivity contribution >= 4 is 9.84 Å². The third kappa shape index (κ3) is 3.29. The Hall–Kier alpha value is -0.880. The molecule has 0 bridgehead atoms. The predicted molar refractivity (Wildman–Crippen MR) is 66.6 cm³/mol. The van der Waals surface area contributed by atoms with Crippen molar-refractivity contribution in [2.45, 2.75) is 37.0 Å². The second-order valence-corrected chi connectivity index (χ2v) is 6.95. The number of aromatic nitrogens is 2. The van der Waals surface area contributed by atoms with E-state index in [0.29, 0.717) is 0 Å². The fourth-order valence-corrected chi connectivity index (χ4v) is 3.91. The van der Waals surface area contributed by atoms with Crippen LogP contribution in [0.1, 0.15) is 25.0 Å². The van der Waals surface area contributed by atoms with E-state index in [2.05, 4.69) is 15.3 Å². The lowest BCUT2D eigenvalue weighted by molar-refractivity contribution is 0.509. The van der Waals surface area contributed by atoms with E-state index in [1.54, 1.807) is 12.5 Å². The highest BCUT2D eigenvalue weighted by molar-refractivity contribution is 7.91. The lowest BCUT2D eigenvalue weighted by Crippen LogP contribution is -2.40. The molecule has 0 spiro atoms. The largest absolute Gasteiger partial charge is 0.348 e. The summed E-state index contributed by atoms with van der Waals surface area (Å²) in [5.41, 5.74) is 1.08. The van der Waals surface area contributed by atoms with Gasteiger partial charge >= 0.3 is 0 Å². The molecule has 96 valence electrons. The van der Waals surface area contributed by atoms with Gasteiger partial charge in [0.2, 0.25) is 0 Å². The number of nitrogens with zero attached hydrogens (tertiary/aromatic N) is 1. The molecule has 5 nitrogen and oxygen atoms in total. The minimum absolute atomic E-state index is 0.118. The summed E-state index contributed by atoms with van der Waals surface area (Å²) in [5, 5.41) is 3.15. The fourth-order valence-electron chi connectivity index (χ4n) is 2.49. The standard InChI is InChI=1S/C11H19N3O2S/c1-17(15,16)11-4-2-3-10(11)13-6-5-9-7-12-8-14-9/h7-8,10-11,13H,2-6H2,1H3,(H,12,14). The molecule has 2 atom stereocenters. The van der Waals surface area contributed by atoms with Crippen molar-refractivity contribution < 1.29 is 8.42 Å². The molecule has 0 amide bonds. The van der Waals surface area contributed by atoms with Gasteiger partial charge in [-0.2, -0.15) is 0 Å². The normalized spacial score (nSPS) is 25.2. The molecule has 1 aromatic rings. The molecule has 2 N–H and O–H groups in total. The van der Waals surface area contributed by atoms with Gasteiger partial charge in [-0.05, 0) is 12.8 Å². The van der Waals surface area contributed by atoms with Crippen molar-refractivity contribution in [3.05, 3.63) is 18.2 Å². The maximum absolute atomic E-state index is 11.6. The van der Waals surface area contributed by atoms with Gasteiger partial charge < -0.3 is 10.3 Å². The topological polar surface area (TPSA) is 74.8 Å². The second-order valence-electron chi connectivity index (χ2n) is 4.69. The van der Waals surface area contributed by atoms with E-state index in [4.69, 9.17) is 0 Å². The number of hydrogen-bond donors (Lipinski definition) is 2. The third-order valence-corrected chi connectivity index (χ3v) is 5.02. The summed E-state index contributed by atoms with van der Waals surface area (Å²) in [4.78, 5) is 6.98. The molecule has 1 saturated carbocycles. The maximum atomic E-state index is 11.6. The van der Waals surface area contributed by atoms with Crippen LogP contribution in [-0.4, -0.2) is 42.5 Å². The lowest BCUT2D eigenvalue weighted by atomic mass is 10.2. The number of hydrogen-bond acceptors (Lipinski definition) is 4. The van der Waals surface area contributed by atoms with Crippen molar-refractivity contribution in [3.63, 3.8) is 0 Å². The SMILES string of the molecule is CS(=O)(=O)C1CCCC1NCCc1cnc[nH]1. The minimum atomic E-state index is -2.92. The highest BCUT2D eigenvalue weighted by Crippen LogP contribution is 2.24. The molecule has 0 saturated heterocycles. The first kappa shape index (κ1) is 12.6. The Morgan fingerprint density at radius 1 is 1.53 bits per heavy atom.